The van der Waals surface area contributed by atoms with Gasteiger partial charge in [0.1, 0.15) is 0 Å². The van der Waals surface area contributed by atoms with Gasteiger partial charge in [-0.15, -0.1) is 5.10 Å². The standard InChI is InChI=1S/C9H8F3N5/c10-9(11,12)7-15-8-14-4-5-3-13-2-1-6(5)17(8)16-7/h4,13H,1-3H2. The maximum Gasteiger partial charge on any atom is 0.453 e. The molecule has 0 atom stereocenters. The molecule has 3 heterocycles. The molecule has 1 aliphatic rings. The summed E-state index contributed by atoms with van der Waals surface area (Å²) < 4.78 is 38.6. The molecule has 0 unspecified atom stereocenters. The summed E-state index contributed by atoms with van der Waals surface area (Å²) in [4.78, 5) is 7.27. The van der Waals surface area contributed by atoms with Gasteiger partial charge in [-0.2, -0.15) is 18.2 Å². The van der Waals surface area contributed by atoms with Crippen LogP contribution >= 0.6 is 0 Å². The van der Waals surface area contributed by atoms with Crippen LogP contribution in [-0.4, -0.2) is 26.1 Å². The number of fused-ring (bicyclic) bond motifs is 3. The molecular formula is C9H8F3N5. The van der Waals surface area contributed by atoms with E-state index in [2.05, 4.69) is 20.4 Å². The number of hydrogen-bond acceptors (Lipinski definition) is 4. The molecule has 0 saturated carbocycles. The minimum Gasteiger partial charge on any atom is -0.312 e. The monoisotopic (exact) mass is 243 g/mol. The Bertz CT molecular complexity index is 574. The maximum atomic E-state index is 12.5. The molecule has 0 saturated heterocycles. The third-order valence-electron chi connectivity index (χ3n) is 2.66. The third-order valence-corrected chi connectivity index (χ3v) is 2.66. The molecule has 0 amide bonds. The van der Waals surface area contributed by atoms with Crippen LogP contribution in [-0.2, 0) is 19.1 Å². The molecule has 8 heteroatoms. The van der Waals surface area contributed by atoms with Crippen molar-refractivity contribution in [2.24, 2.45) is 0 Å². The van der Waals surface area contributed by atoms with Crippen LogP contribution in [0.5, 0.6) is 0 Å². The molecule has 0 bridgehead atoms. The minimum atomic E-state index is -4.53. The quantitative estimate of drug-likeness (QED) is 0.743. The third kappa shape index (κ3) is 1.64. The number of aromatic nitrogens is 4. The second kappa shape index (κ2) is 3.39. The van der Waals surface area contributed by atoms with Gasteiger partial charge >= 0.3 is 6.18 Å². The first-order chi connectivity index (χ1) is 8.05. The molecule has 0 fully saturated rings. The van der Waals surface area contributed by atoms with Crippen molar-refractivity contribution in [3.8, 4) is 0 Å². The number of nitrogens with zero attached hydrogens (tertiary/aromatic N) is 4. The fourth-order valence-corrected chi connectivity index (χ4v) is 1.88. The van der Waals surface area contributed by atoms with Crippen molar-refractivity contribution < 1.29 is 13.2 Å². The molecule has 1 aliphatic heterocycles. The van der Waals surface area contributed by atoms with Gasteiger partial charge in [0.25, 0.3) is 11.6 Å². The molecule has 17 heavy (non-hydrogen) atoms. The Labute approximate surface area is 93.7 Å². The molecule has 0 aromatic carbocycles. The van der Waals surface area contributed by atoms with Crippen LogP contribution in [0.1, 0.15) is 17.1 Å². The SMILES string of the molecule is FC(F)(F)c1nc2ncc3c(n2n1)CCNC3. The summed E-state index contributed by atoms with van der Waals surface area (Å²) in [6.45, 7) is 1.31. The normalized spacial score (nSPS) is 16.2. The van der Waals surface area contributed by atoms with Gasteiger partial charge < -0.3 is 5.32 Å². The highest BCUT2D eigenvalue weighted by Crippen LogP contribution is 2.26. The topological polar surface area (TPSA) is 55.1 Å². The van der Waals surface area contributed by atoms with Crippen molar-refractivity contribution >= 4 is 5.78 Å². The highest BCUT2D eigenvalue weighted by molar-refractivity contribution is 5.34. The lowest BCUT2D eigenvalue weighted by Crippen LogP contribution is -2.26. The molecule has 2 aromatic heterocycles. The Kier molecular flexibility index (Phi) is 2.09. The van der Waals surface area contributed by atoms with E-state index in [4.69, 9.17) is 0 Å². The molecule has 5 nitrogen and oxygen atoms in total. The molecular weight excluding hydrogens is 235 g/mol. The summed E-state index contributed by atoms with van der Waals surface area (Å²) in [6.07, 6.45) is -2.37. The highest BCUT2D eigenvalue weighted by atomic mass is 19.4. The van der Waals surface area contributed by atoms with E-state index in [1.165, 1.54) is 4.52 Å². The first-order valence-corrected chi connectivity index (χ1v) is 5.07. The van der Waals surface area contributed by atoms with E-state index in [-0.39, 0.29) is 5.78 Å². The van der Waals surface area contributed by atoms with Gasteiger partial charge in [0.15, 0.2) is 0 Å². The summed E-state index contributed by atoms with van der Waals surface area (Å²) in [5.74, 6) is -1.14. The van der Waals surface area contributed by atoms with Crippen molar-refractivity contribution in [1.82, 2.24) is 24.9 Å². The smallest absolute Gasteiger partial charge is 0.312 e. The van der Waals surface area contributed by atoms with E-state index in [0.29, 0.717) is 19.5 Å². The largest absolute Gasteiger partial charge is 0.453 e. The van der Waals surface area contributed by atoms with E-state index in [1.807, 2.05) is 0 Å². The molecule has 0 radical (unpaired) electrons. The predicted molar refractivity (Wildman–Crippen MR) is 51.2 cm³/mol. The van der Waals surface area contributed by atoms with Gasteiger partial charge in [-0.3, -0.25) is 0 Å². The minimum absolute atomic E-state index is 0.00187. The van der Waals surface area contributed by atoms with Gasteiger partial charge in [0.05, 0.1) is 5.69 Å². The number of rotatable bonds is 0. The number of hydrogen-bond donors (Lipinski definition) is 1. The van der Waals surface area contributed by atoms with E-state index in [9.17, 15) is 13.2 Å². The second-order valence-electron chi connectivity index (χ2n) is 3.80. The zero-order valence-electron chi connectivity index (χ0n) is 8.62. The zero-order valence-corrected chi connectivity index (χ0v) is 8.62. The lowest BCUT2D eigenvalue weighted by molar-refractivity contribution is -0.144. The molecule has 1 N–H and O–H groups in total. The average Bonchev–Trinajstić information content (AvgIpc) is 2.72. The van der Waals surface area contributed by atoms with Gasteiger partial charge in [0, 0.05) is 31.3 Å². The van der Waals surface area contributed by atoms with E-state index >= 15 is 0 Å². The number of halogens is 3. The molecule has 0 spiro atoms. The average molecular weight is 243 g/mol. The second-order valence-corrected chi connectivity index (χ2v) is 3.80. The molecule has 2 aromatic rings. The fraction of sp³-hybridized carbons (Fsp3) is 0.444. The molecule has 90 valence electrons. The first kappa shape index (κ1) is 10.5. The molecule has 0 aliphatic carbocycles. The lowest BCUT2D eigenvalue weighted by atomic mass is 10.1. The van der Waals surface area contributed by atoms with Crippen LogP contribution < -0.4 is 5.32 Å². The van der Waals surface area contributed by atoms with Crippen molar-refractivity contribution in [3.63, 3.8) is 0 Å². The number of alkyl halides is 3. The van der Waals surface area contributed by atoms with Crippen LogP contribution in [0.25, 0.3) is 5.78 Å². The van der Waals surface area contributed by atoms with E-state index in [0.717, 1.165) is 11.3 Å². The zero-order chi connectivity index (χ0) is 12.0. The Morgan fingerprint density at radius 3 is 2.94 bits per heavy atom. The van der Waals surface area contributed by atoms with Gasteiger partial charge in [-0.25, -0.2) is 9.50 Å². The van der Waals surface area contributed by atoms with Crippen molar-refractivity contribution in [2.75, 3.05) is 6.54 Å². The predicted octanol–water partition coefficient (Wildman–Crippen LogP) is 0.789. The maximum absolute atomic E-state index is 12.5. The summed E-state index contributed by atoms with van der Waals surface area (Å²) in [5.41, 5.74) is 1.61. The van der Waals surface area contributed by atoms with Crippen LogP contribution in [0.4, 0.5) is 13.2 Å². The van der Waals surface area contributed by atoms with Crippen molar-refractivity contribution in [1.29, 1.82) is 0 Å². The number of nitrogens with one attached hydrogen (secondary N) is 1. The van der Waals surface area contributed by atoms with Gasteiger partial charge in [-0.05, 0) is 0 Å². The van der Waals surface area contributed by atoms with Crippen LogP contribution in [0.15, 0.2) is 6.20 Å². The molecule has 3 rings (SSSR count). The fourth-order valence-electron chi connectivity index (χ4n) is 1.88. The highest BCUT2D eigenvalue weighted by Gasteiger charge is 2.37. The Morgan fingerprint density at radius 1 is 1.35 bits per heavy atom. The summed E-state index contributed by atoms with van der Waals surface area (Å²) in [7, 11) is 0. The Morgan fingerprint density at radius 2 is 2.18 bits per heavy atom. The Hall–Kier alpha value is -1.70. The van der Waals surface area contributed by atoms with Crippen molar-refractivity contribution in [2.45, 2.75) is 19.1 Å². The Balaban J connectivity index is 2.22. The van der Waals surface area contributed by atoms with Crippen LogP contribution in [0.2, 0.25) is 0 Å². The lowest BCUT2D eigenvalue weighted by Gasteiger charge is -2.16. The summed E-state index contributed by atoms with van der Waals surface area (Å²) in [5, 5.41) is 6.61. The van der Waals surface area contributed by atoms with Crippen molar-refractivity contribution in [3.05, 3.63) is 23.3 Å². The first-order valence-electron chi connectivity index (χ1n) is 5.07. The summed E-state index contributed by atoms with van der Waals surface area (Å²) >= 11 is 0. The van der Waals surface area contributed by atoms with Gasteiger partial charge in [-0.1, -0.05) is 0 Å². The van der Waals surface area contributed by atoms with E-state index < -0.39 is 12.0 Å². The van der Waals surface area contributed by atoms with Crippen LogP contribution in [0.3, 0.4) is 0 Å². The van der Waals surface area contributed by atoms with Gasteiger partial charge in [0.2, 0.25) is 0 Å². The summed E-state index contributed by atoms with van der Waals surface area (Å²) in [6, 6.07) is 0. The van der Waals surface area contributed by atoms with Crippen LogP contribution in [0, 0.1) is 0 Å². The van der Waals surface area contributed by atoms with E-state index in [1.54, 1.807) is 6.20 Å².